The highest BCUT2D eigenvalue weighted by atomic mass is 15.1. The highest BCUT2D eigenvalue weighted by Gasteiger charge is 1.99. The maximum atomic E-state index is 4.01. The molecule has 0 aliphatic rings. The van der Waals surface area contributed by atoms with Crippen molar-refractivity contribution in [3.8, 4) is 0 Å². The maximum Gasteiger partial charge on any atom is 0.0539 e. The smallest absolute Gasteiger partial charge is 0.0539 e. The summed E-state index contributed by atoms with van der Waals surface area (Å²) in [5.41, 5.74) is 4.89. The van der Waals surface area contributed by atoms with Crippen LogP contribution in [0.25, 0.3) is 0 Å². The minimum Gasteiger partial charge on any atom is -0.381 e. The highest BCUT2D eigenvalue weighted by molar-refractivity contribution is 5.45. The van der Waals surface area contributed by atoms with Crippen LogP contribution in [0.4, 0.5) is 5.69 Å². The standard InChI is InChI=1S/C14H19N3/c1-3-4-12-5-7-14(8-6-12)15-9-13-10-16-17-11(13)2/h5-8,10,15H,3-4,9H2,1-2H3,(H,16,17). The third kappa shape index (κ3) is 3.09. The second-order valence-corrected chi connectivity index (χ2v) is 4.32. The van der Waals surface area contributed by atoms with Crippen molar-refractivity contribution in [2.75, 3.05) is 5.32 Å². The van der Waals surface area contributed by atoms with Gasteiger partial charge in [-0.2, -0.15) is 5.10 Å². The Hall–Kier alpha value is -1.77. The summed E-state index contributed by atoms with van der Waals surface area (Å²) in [5, 5.41) is 10.3. The molecule has 0 unspecified atom stereocenters. The van der Waals surface area contributed by atoms with Gasteiger partial charge in [-0.15, -0.1) is 0 Å². The molecule has 3 nitrogen and oxygen atoms in total. The number of aromatic amines is 1. The number of hydrogen-bond donors (Lipinski definition) is 2. The monoisotopic (exact) mass is 229 g/mol. The van der Waals surface area contributed by atoms with Gasteiger partial charge in [-0.25, -0.2) is 0 Å². The van der Waals surface area contributed by atoms with Gasteiger partial charge in [0.1, 0.15) is 0 Å². The Morgan fingerprint density at radius 1 is 1.24 bits per heavy atom. The van der Waals surface area contributed by atoms with E-state index >= 15 is 0 Å². The summed E-state index contributed by atoms with van der Waals surface area (Å²) in [6.45, 7) is 5.05. The Kier molecular flexibility index (Phi) is 3.81. The third-order valence-corrected chi connectivity index (χ3v) is 2.91. The summed E-state index contributed by atoms with van der Waals surface area (Å²) in [5.74, 6) is 0. The number of aryl methyl sites for hydroxylation is 2. The van der Waals surface area contributed by atoms with Gasteiger partial charge in [0, 0.05) is 23.5 Å². The molecule has 0 atom stereocenters. The molecule has 0 saturated heterocycles. The van der Waals surface area contributed by atoms with E-state index in [1.807, 2.05) is 13.1 Å². The quantitative estimate of drug-likeness (QED) is 0.826. The first-order chi connectivity index (χ1) is 8.29. The number of H-pyrrole nitrogens is 1. The van der Waals surface area contributed by atoms with E-state index in [0.29, 0.717) is 0 Å². The summed E-state index contributed by atoms with van der Waals surface area (Å²) < 4.78 is 0. The van der Waals surface area contributed by atoms with Crippen molar-refractivity contribution >= 4 is 5.69 Å². The van der Waals surface area contributed by atoms with E-state index in [-0.39, 0.29) is 0 Å². The predicted octanol–water partition coefficient (Wildman–Crippen LogP) is 3.28. The lowest BCUT2D eigenvalue weighted by atomic mass is 10.1. The summed E-state index contributed by atoms with van der Waals surface area (Å²) in [7, 11) is 0. The van der Waals surface area contributed by atoms with Crippen molar-refractivity contribution < 1.29 is 0 Å². The average Bonchev–Trinajstić information content (AvgIpc) is 2.75. The van der Waals surface area contributed by atoms with Crippen LogP contribution in [-0.4, -0.2) is 10.2 Å². The van der Waals surface area contributed by atoms with Crippen LogP contribution in [0.5, 0.6) is 0 Å². The van der Waals surface area contributed by atoms with Gasteiger partial charge in [0.15, 0.2) is 0 Å². The van der Waals surface area contributed by atoms with Gasteiger partial charge in [0.25, 0.3) is 0 Å². The highest BCUT2D eigenvalue weighted by Crippen LogP contribution is 2.13. The fourth-order valence-electron chi connectivity index (χ4n) is 1.83. The molecule has 2 aromatic rings. The molecule has 0 aliphatic carbocycles. The molecular weight excluding hydrogens is 210 g/mol. The molecule has 0 bridgehead atoms. The first-order valence-electron chi connectivity index (χ1n) is 6.11. The van der Waals surface area contributed by atoms with Crippen LogP contribution >= 0.6 is 0 Å². The molecule has 0 saturated carbocycles. The molecule has 1 heterocycles. The van der Waals surface area contributed by atoms with Crippen LogP contribution in [0.3, 0.4) is 0 Å². The van der Waals surface area contributed by atoms with Crippen LogP contribution in [0.15, 0.2) is 30.5 Å². The van der Waals surface area contributed by atoms with Gasteiger partial charge in [-0.3, -0.25) is 5.10 Å². The minimum absolute atomic E-state index is 0.815. The molecule has 2 rings (SSSR count). The zero-order chi connectivity index (χ0) is 12.1. The van der Waals surface area contributed by atoms with Crippen molar-refractivity contribution in [3.63, 3.8) is 0 Å². The molecular formula is C14H19N3. The van der Waals surface area contributed by atoms with Gasteiger partial charge in [-0.05, 0) is 31.0 Å². The number of anilines is 1. The van der Waals surface area contributed by atoms with Crippen molar-refractivity contribution in [2.24, 2.45) is 0 Å². The predicted molar refractivity (Wildman–Crippen MR) is 71.1 cm³/mol. The summed E-state index contributed by atoms with van der Waals surface area (Å²) in [6, 6.07) is 8.66. The van der Waals surface area contributed by atoms with Gasteiger partial charge in [0.2, 0.25) is 0 Å². The molecule has 1 aromatic heterocycles. The van der Waals surface area contributed by atoms with E-state index in [1.54, 1.807) is 0 Å². The van der Waals surface area contributed by atoms with Crippen molar-refractivity contribution in [1.82, 2.24) is 10.2 Å². The number of nitrogens with zero attached hydrogens (tertiary/aromatic N) is 1. The van der Waals surface area contributed by atoms with E-state index in [1.165, 1.54) is 17.5 Å². The largest absolute Gasteiger partial charge is 0.381 e. The van der Waals surface area contributed by atoms with Crippen molar-refractivity contribution in [1.29, 1.82) is 0 Å². The van der Waals surface area contributed by atoms with Crippen LogP contribution in [0.1, 0.15) is 30.2 Å². The summed E-state index contributed by atoms with van der Waals surface area (Å²) in [6.07, 6.45) is 4.22. The lowest BCUT2D eigenvalue weighted by molar-refractivity contribution is 0.922. The van der Waals surface area contributed by atoms with E-state index in [2.05, 4.69) is 46.7 Å². The average molecular weight is 229 g/mol. The fraction of sp³-hybridized carbons (Fsp3) is 0.357. The van der Waals surface area contributed by atoms with E-state index < -0.39 is 0 Å². The Labute approximate surface area is 102 Å². The second kappa shape index (κ2) is 5.53. The molecule has 3 heteroatoms. The summed E-state index contributed by atoms with van der Waals surface area (Å²) in [4.78, 5) is 0. The zero-order valence-electron chi connectivity index (χ0n) is 10.5. The normalized spacial score (nSPS) is 10.5. The first kappa shape index (κ1) is 11.7. The molecule has 0 spiro atoms. The SMILES string of the molecule is CCCc1ccc(NCc2cn[nH]c2C)cc1. The lowest BCUT2D eigenvalue weighted by Gasteiger charge is -2.06. The van der Waals surface area contributed by atoms with E-state index in [9.17, 15) is 0 Å². The van der Waals surface area contributed by atoms with Gasteiger partial charge < -0.3 is 5.32 Å². The van der Waals surface area contributed by atoms with Gasteiger partial charge in [0.05, 0.1) is 6.20 Å². The summed E-state index contributed by atoms with van der Waals surface area (Å²) >= 11 is 0. The number of aromatic nitrogens is 2. The molecule has 90 valence electrons. The molecule has 0 fully saturated rings. The van der Waals surface area contributed by atoms with Gasteiger partial charge >= 0.3 is 0 Å². The first-order valence-corrected chi connectivity index (χ1v) is 6.11. The van der Waals surface area contributed by atoms with Crippen LogP contribution in [0, 0.1) is 6.92 Å². The number of hydrogen-bond acceptors (Lipinski definition) is 2. The van der Waals surface area contributed by atoms with Crippen molar-refractivity contribution in [3.05, 3.63) is 47.3 Å². The van der Waals surface area contributed by atoms with E-state index in [0.717, 1.165) is 24.3 Å². The molecule has 0 radical (unpaired) electrons. The second-order valence-electron chi connectivity index (χ2n) is 4.32. The fourth-order valence-corrected chi connectivity index (χ4v) is 1.83. The molecule has 0 aliphatic heterocycles. The molecule has 1 aromatic carbocycles. The Balaban J connectivity index is 1.93. The van der Waals surface area contributed by atoms with E-state index in [4.69, 9.17) is 0 Å². The topological polar surface area (TPSA) is 40.7 Å². The minimum atomic E-state index is 0.815. The number of nitrogens with one attached hydrogen (secondary N) is 2. The number of benzene rings is 1. The van der Waals surface area contributed by atoms with Crippen LogP contribution in [-0.2, 0) is 13.0 Å². The van der Waals surface area contributed by atoms with Crippen LogP contribution < -0.4 is 5.32 Å². The zero-order valence-corrected chi connectivity index (χ0v) is 10.5. The van der Waals surface area contributed by atoms with Gasteiger partial charge in [-0.1, -0.05) is 25.5 Å². The van der Waals surface area contributed by atoms with Crippen LogP contribution in [0.2, 0.25) is 0 Å². The lowest BCUT2D eigenvalue weighted by Crippen LogP contribution is -1.99. The molecule has 0 amide bonds. The Bertz CT molecular complexity index is 457. The number of rotatable bonds is 5. The molecule has 17 heavy (non-hydrogen) atoms. The maximum absolute atomic E-state index is 4.01. The van der Waals surface area contributed by atoms with Crippen molar-refractivity contribution in [2.45, 2.75) is 33.2 Å². The Morgan fingerprint density at radius 2 is 2.00 bits per heavy atom. The third-order valence-electron chi connectivity index (χ3n) is 2.91. The Morgan fingerprint density at radius 3 is 2.59 bits per heavy atom. The molecule has 2 N–H and O–H groups in total.